The number of rotatable bonds is 5. The first-order chi connectivity index (χ1) is 12.2. The molecule has 0 saturated heterocycles. The standard InChI is InChI=1S/C21H31NO4/c1-14-9-12-17(19(23)25-5)16(13-14)11-10-15-7-6-8-18(15)22-20(24)26-21(2,3)4/h9,12-13,15,18H,6-8,10-11H2,1-5H3,(H,22,24)/t15-,18-/m0/s1. The van der Waals surface area contributed by atoms with Crippen LogP contribution in [0.5, 0.6) is 0 Å². The van der Waals surface area contributed by atoms with E-state index in [0.717, 1.165) is 43.2 Å². The third-order valence-electron chi connectivity index (χ3n) is 4.81. The molecular formula is C21H31NO4. The Balaban J connectivity index is 1.99. The summed E-state index contributed by atoms with van der Waals surface area (Å²) in [4.78, 5) is 24.1. The lowest BCUT2D eigenvalue weighted by molar-refractivity contribution is 0.0491. The smallest absolute Gasteiger partial charge is 0.407 e. The molecular weight excluding hydrogens is 330 g/mol. The summed E-state index contributed by atoms with van der Waals surface area (Å²) in [5.41, 5.74) is 2.28. The first-order valence-corrected chi connectivity index (χ1v) is 9.37. The molecule has 0 spiro atoms. The molecule has 2 atom stereocenters. The predicted molar refractivity (Wildman–Crippen MR) is 101 cm³/mol. The van der Waals surface area contributed by atoms with Gasteiger partial charge in [0.25, 0.3) is 0 Å². The molecule has 0 unspecified atom stereocenters. The molecule has 1 N–H and O–H groups in total. The van der Waals surface area contributed by atoms with Crippen LogP contribution in [0.3, 0.4) is 0 Å². The van der Waals surface area contributed by atoms with Crippen molar-refractivity contribution in [3.63, 3.8) is 0 Å². The number of nitrogens with one attached hydrogen (secondary N) is 1. The van der Waals surface area contributed by atoms with Crippen LogP contribution in [0.2, 0.25) is 0 Å². The number of hydrogen-bond donors (Lipinski definition) is 1. The van der Waals surface area contributed by atoms with Crippen LogP contribution >= 0.6 is 0 Å². The van der Waals surface area contributed by atoms with E-state index in [2.05, 4.69) is 11.4 Å². The Hall–Kier alpha value is -2.04. The Kier molecular flexibility index (Phi) is 6.68. The van der Waals surface area contributed by atoms with Crippen molar-refractivity contribution in [3.05, 3.63) is 34.9 Å². The van der Waals surface area contributed by atoms with Gasteiger partial charge in [-0.25, -0.2) is 9.59 Å². The molecule has 144 valence electrons. The molecule has 1 aliphatic carbocycles. The van der Waals surface area contributed by atoms with Crippen LogP contribution in [0.1, 0.15) is 67.9 Å². The Labute approximate surface area is 156 Å². The lowest BCUT2D eigenvalue weighted by Crippen LogP contribution is -2.41. The highest BCUT2D eigenvalue weighted by atomic mass is 16.6. The predicted octanol–water partition coefficient (Wildman–Crippen LogP) is 4.41. The number of aryl methyl sites for hydroxylation is 2. The molecule has 2 rings (SSSR count). The molecule has 5 nitrogen and oxygen atoms in total. The third-order valence-corrected chi connectivity index (χ3v) is 4.81. The summed E-state index contributed by atoms with van der Waals surface area (Å²) in [7, 11) is 1.41. The molecule has 0 aliphatic heterocycles. The van der Waals surface area contributed by atoms with Crippen molar-refractivity contribution in [2.24, 2.45) is 5.92 Å². The first kappa shape index (κ1) is 20.3. The number of benzene rings is 1. The average Bonchev–Trinajstić information content (AvgIpc) is 2.97. The number of esters is 1. The minimum Gasteiger partial charge on any atom is -0.465 e. The second-order valence-corrected chi connectivity index (χ2v) is 8.13. The van der Waals surface area contributed by atoms with Gasteiger partial charge >= 0.3 is 12.1 Å². The number of carbonyl (C=O) groups excluding carboxylic acids is 2. The minimum absolute atomic E-state index is 0.135. The molecule has 0 bridgehead atoms. The number of amides is 1. The summed E-state index contributed by atoms with van der Waals surface area (Å²) < 4.78 is 10.3. The summed E-state index contributed by atoms with van der Waals surface area (Å²) in [5, 5.41) is 3.03. The van der Waals surface area contributed by atoms with Crippen molar-refractivity contribution in [2.45, 2.75) is 71.4 Å². The SMILES string of the molecule is COC(=O)c1ccc(C)cc1CC[C@@H]1CCC[C@@H]1NC(=O)OC(C)(C)C. The lowest BCUT2D eigenvalue weighted by atomic mass is 9.92. The highest BCUT2D eigenvalue weighted by molar-refractivity contribution is 5.91. The Morgan fingerprint density at radius 1 is 1.23 bits per heavy atom. The van der Waals surface area contributed by atoms with Crippen LogP contribution in [0.25, 0.3) is 0 Å². The zero-order valence-electron chi connectivity index (χ0n) is 16.6. The molecule has 1 aromatic rings. The van der Waals surface area contributed by atoms with Crippen LogP contribution < -0.4 is 5.32 Å². The highest BCUT2D eigenvalue weighted by Gasteiger charge is 2.30. The summed E-state index contributed by atoms with van der Waals surface area (Å²) in [6.07, 6.45) is 4.53. The fourth-order valence-corrected chi connectivity index (χ4v) is 3.61. The van der Waals surface area contributed by atoms with Crippen molar-refractivity contribution in [1.82, 2.24) is 5.32 Å². The van der Waals surface area contributed by atoms with Gasteiger partial charge in [0.1, 0.15) is 5.60 Å². The Morgan fingerprint density at radius 2 is 1.96 bits per heavy atom. The molecule has 1 aromatic carbocycles. The van der Waals surface area contributed by atoms with Crippen LogP contribution in [0, 0.1) is 12.8 Å². The molecule has 0 radical (unpaired) electrons. The quantitative estimate of drug-likeness (QED) is 0.789. The maximum Gasteiger partial charge on any atom is 0.407 e. The van der Waals surface area contributed by atoms with Gasteiger partial charge in [0.2, 0.25) is 0 Å². The van der Waals surface area contributed by atoms with Gasteiger partial charge in [0.05, 0.1) is 12.7 Å². The van der Waals surface area contributed by atoms with Crippen molar-refractivity contribution >= 4 is 12.1 Å². The maximum atomic E-state index is 12.1. The number of methoxy groups -OCH3 is 1. The van der Waals surface area contributed by atoms with Crippen molar-refractivity contribution in [3.8, 4) is 0 Å². The van der Waals surface area contributed by atoms with Gasteiger partial charge in [0, 0.05) is 6.04 Å². The fourth-order valence-electron chi connectivity index (χ4n) is 3.61. The van der Waals surface area contributed by atoms with Crippen LogP contribution in [0.4, 0.5) is 4.79 Å². The van der Waals surface area contributed by atoms with E-state index < -0.39 is 5.60 Å². The van der Waals surface area contributed by atoms with Gasteiger partial charge in [-0.3, -0.25) is 0 Å². The number of carbonyl (C=O) groups is 2. The zero-order valence-corrected chi connectivity index (χ0v) is 16.6. The molecule has 1 saturated carbocycles. The molecule has 5 heteroatoms. The van der Waals surface area contributed by atoms with Gasteiger partial charge in [-0.2, -0.15) is 0 Å². The van der Waals surface area contributed by atoms with Crippen LogP contribution in [-0.2, 0) is 15.9 Å². The Bertz CT molecular complexity index is 648. The molecule has 1 amide bonds. The van der Waals surface area contributed by atoms with E-state index in [1.165, 1.54) is 7.11 Å². The first-order valence-electron chi connectivity index (χ1n) is 9.37. The molecule has 1 aliphatic rings. The van der Waals surface area contributed by atoms with E-state index in [-0.39, 0.29) is 18.1 Å². The fraction of sp³-hybridized carbons (Fsp3) is 0.619. The summed E-state index contributed by atoms with van der Waals surface area (Å²) in [5.74, 6) is 0.100. The summed E-state index contributed by atoms with van der Waals surface area (Å²) in [6, 6.07) is 5.95. The largest absolute Gasteiger partial charge is 0.465 e. The van der Waals surface area contributed by atoms with Gasteiger partial charge in [-0.1, -0.05) is 24.1 Å². The van der Waals surface area contributed by atoms with E-state index in [1.54, 1.807) is 0 Å². The van der Waals surface area contributed by atoms with Gasteiger partial charge in [0.15, 0.2) is 0 Å². The maximum absolute atomic E-state index is 12.1. The van der Waals surface area contributed by atoms with Gasteiger partial charge in [-0.15, -0.1) is 0 Å². The summed E-state index contributed by atoms with van der Waals surface area (Å²) in [6.45, 7) is 7.62. The van der Waals surface area contributed by atoms with Crippen LogP contribution in [0.15, 0.2) is 18.2 Å². The van der Waals surface area contributed by atoms with E-state index >= 15 is 0 Å². The summed E-state index contributed by atoms with van der Waals surface area (Å²) >= 11 is 0. The topological polar surface area (TPSA) is 64.6 Å². The monoisotopic (exact) mass is 361 g/mol. The zero-order chi connectivity index (χ0) is 19.3. The molecule has 0 aromatic heterocycles. The lowest BCUT2D eigenvalue weighted by Gasteiger charge is -2.25. The number of hydrogen-bond acceptors (Lipinski definition) is 4. The van der Waals surface area contributed by atoms with E-state index in [0.29, 0.717) is 11.5 Å². The van der Waals surface area contributed by atoms with Crippen molar-refractivity contribution < 1.29 is 19.1 Å². The number of ether oxygens (including phenoxy) is 2. The second kappa shape index (κ2) is 8.56. The van der Waals surface area contributed by atoms with Gasteiger partial charge in [-0.05, 0) is 70.9 Å². The minimum atomic E-state index is -0.491. The Morgan fingerprint density at radius 3 is 2.62 bits per heavy atom. The normalized spacial score (nSPS) is 19.9. The average molecular weight is 361 g/mol. The molecule has 1 fully saturated rings. The van der Waals surface area contributed by atoms with E-state index in [1.807, 2.05) is 39.8 Å². The van der Waals surface area contributed by atoms with E-state index in [9.17, 15) is 9.59 Å². The van der Waals surface area contributed by atoms with Crippen molar-refractivity contribution in [1.29, 1.82) is 0 Å². The van der Waals surface area contributed by atoms with Crippen molar-refractivity contribution in [2.75, 3.05) is 7.11 Å². The third kappa shape index (κ3) is 5.75. The molecule has 26 heavy (non-hydrogen) atoms. The van der Waals surface area contributed by atoms with E-state index in [4.69, 9.17) is 9.47 Å². The second-order valence-electron chi connectivity index (χ2n) is 8.13. The molecule has 0 heterocycles. The number of alkyl carbamates (subject to hydrolysis) is 1. The van der Waals surface area contributed by atoms with Crippen LogP contribution in [-0.4, -0.2) is 30.8 Å². The highest BCUT2D eigenvalue weighted by Crippen LogP contribution is 2.30. The van der Waals surface area contributed by atoms with Gasteiger partial charge < -0.3 is 14.8 Å².